The minimum atomic E-state index is -0.606. The summed E-state index contributed by atoms with van der Waals surface area (Å²) in [5.74, 6) is -1.25. The molecule has 2 heterocycles. The number of pyridine rings is 1. The van der Waals surface area contributed by atoms with Gasteiger partial charge in [-0.3, -0.25) is 14.6 Å². The maximum atomic E-state index is 13.0. The molecule has 28 heavy (non-hydrogen) atoms. The summed E-state index contributed by atoms with van der Waals surface area (Å²) in [7, 11) is 0. The van der Waals surface area contributed by atoms with E-state index < -0.39 is 17.7 Å². The Morgan fingerprint density at radius 3 is 2.32 bits per heavy atom. The summed E-state index contributed by atoms with van der Waals surface area (Å²) >= 11 is 0. The van der Waals surface area contributed by atoms with Crippen LogP contribution in [-0.2, 0) is 16.0 Å². The predicted molar refractivity (Wildman–Crippen MR) is 106 cm³/mol. The largest absolute Gasteiger partial charge is 0.507 e. The van der Waals surface area contributed by atoms with Gasteiger partial charge in [-0.05, 0) is 42.5 Å². The molecule has 1 unspecified atom stereocenters. The Morgan fingerprint density at radius 1 is 1.07 bits per heavy atom. The van der Waals surface area contributed by atoms with Crippen LogP contribution in [-0.4, -0.2) is 32.7 Å². The molecule has 2 fully saturated rings. The average Bonchev–Trinajstić information content (AvgIpc) is 3.35. The molecule has 2 aromatic rings. The van der Waals surface area contributed by atoms with Crippen molar-refractivity contribution in [1.82, 2.24) is 9.88 Å². The van der Waals surface area contributed by atoms with Crippen LogP contribution < -0.4 is 0 Å². The molecule has 144 valence electrons. The number of Topliss-reactive ketones (excluding diaryl/α,β-unsaturated/α-hetero) is 1. The summed E-state index contributed by atoms with van der Waals surface area (Å²) in [6, 6.07) is 10.8. The lowest BCUT2D eigenvalue weighted by Gasteiger charge is -2.30. The van der Waals surface area contributed by atoms with E-state index in [0.717, 1.165) is 37.7 Å². The van der Waals surface area contributed by atoms with Crippen molar-refractivity contribution in [2.45, 2.75) is 51.1 Å². The first-order valence-electron chi connectivity index (χ1n) is 9.91. The standard InChI is InChI=1S/C23H24N2O3/c1-2-15-7-9-16(10-8-15)20-19(21(26)17-11-13-24-14-12-17)22(27)23(28)25(20)18-5-3-4-6-18/h7-14,18,20,26H,2-6H2,1H3/b21-19-. The maximum Gasteiger partial charge on any atom is 0.295 e. The van der Waals surface area contributed by atoms with Crippen LogP contribution in [0.2, 0.25) is 0 Å². The van der Waals surface area contributed by atoms with Gasteiger partial charge in [0.25, 0.3) is 11.7 Å². The molecular weight excluding hydrogens is 352 g/mol. The number of rotatable bonds is 4. The summed E-state index contributed by atoms with van der Waals surface area (Å²) in [4.78, 5) is 31.6. The van der Waals surface area contributed by atoms with E-state index in [9.17, 15) is 14.7 Å². The first-order chi connectivity index (χ1) is 13.6. The summed E-state index contributed by atoms with van der Waals surface area (Å²) in [6.07, 6.45) is 7.94. The quantitative estimate of drug-likeness (QED) is 0.497. The van der Waals surface area contributed by atoms with Crippen molar-refractivity contribution in [1.29, 1.82) is 0 Å². The van der Waals surface area contributed by atoms with Gasteiger partial charge in [0, 0.05) is 24.0 Å². The highest BCUT2D eigenvalue weighted by atomic mass is 16.3. The smallest absolute Gasteiger partial charge is 0.295 e. The number of hydrogen-bond acceptors (Lipinski definition) is 4. The first-order valence-corrected chi connectivity index (χ1v) is 9.91. The number of benzene rings is 1. The number of carbonyl (C=O) groups excluding carboxylic acids is 2. The highest BCUT2D eigenvalue weighted by molar-refractivity contribution is 6.46. The van der Waals surface area contributed by atoms with E-state index in [1.54, 1.807) is 29.4 Å². The fourth-order valence-electron chi connectivity index (χ4n) is 4.34. The number of hydrogen-bond donors (Lipinski definition) is 1. The summed E-state index contributed by atoms with van der Waals surface area (Å²) in [5, 5.41) is 11.0. The molecule has 5 heteroatoms. The van der Waals surface area contributed by atoms with Crippen LogP contribution >= 0.6 is 0 Å². The van der Waals surface area contributed by atoms with Crippen LogP contribution in [0, 0.1) is 0 Å². The van der Waals surface area contributed by atoms with Crippen molar-refractivity contribution >= 4 is 17.4 Å². The third kappa shape index (κ3) is 3.11. The topological polar surface area (TPSA) is 70.5 Å². The molecule has 1 saturated carbocycles. The summed E-state index contributed by atoms with van der Waals surface area (Å²) in [5.41, 5.74) is 2.72. The number of aliphatic hydroxyl groups excluding tert-OH is 1. The van der Waals surface area contributed by atoms with Gasteiger partial charge in [0.1, 0.15) is 5.76 Å². The Morgan fingerprint density at radius 2 is 1.71 bits per heavy atom. The molecule has 1 amide bonds. The normalized spacial score (nSPS) is 22.2. The lowest BCUT2D eigenvalue weighted by atomic mass is 9.94. The minimum absolute atomic E-state index is 0.0371. The number of nitrogens with zero attached hydrogens (tertiary/aromatic N) is 2. The van der Waals surface area contributed by atoms with Gasteiger partial charge < -0.3 is 10.0 Å². The van der Waals surface area contributed by atoms with Crippen LogP contribution in [0.1, 0.15) is 55.3 Å². The van der Waals surface area contributed by atoms with E-state index >= 15 is 0 Å². The summed E-state index contributed by atoms with van der Waals surface area (Å²) < 4.78 is 0. The van der Waals surface area contributed by atoms with Crippen molar-refractivity contribution in [2.24, 2.45) is 0 Å². The molecule has 1 aromatic heterocycles. The van der Waals surface area contributed by atoms with E-state index in [4.69, 9.17) is 0 Å². The molecular formula is C23H24N2O3. The Hall–Kier alpha value is -2.95. The van der Waals surface area contributed by atoms with Crippen molar-refractivity contribution in [3.05, 3.63) is 71.1 Å². The lowest BCUT2D eigenvalue weighted by Crippen LogP contribution is -2.37. The molecule has 1 saturated heterocycles. The van der Waals surface area contributed by atoms with Gasteiger partial charge in [-0.15, -0.1) is 0 Å². The highest BCUT2D eigenvalue weighted by Crippen LogP contribution is 2.43. The zero-order chi connectivity index (χ0) is 19.7. The van der Waals surface area contributed by atoms with Gasteiger partial charge in [-0.2, -0.15) is 0 Å². The minimum Gasteiger partial charge on any atom is -0.507 e. The molecule has 2 aliphatic rings. The van der Waals surface area contributed by atoms with Crippen LogP contribution in [0.4, 0.5) is 0 Å². The number of aryl methyl sites for hydroxylation is 1. The third-order valence-electron chi connectivity index (χ3n) is 5.86. The molecule has 1 N–H and O–H groups in total. The monoisotopic (exact) mass is 376 g/mol. The van der Waals surface area contributed by atoms with Gasteiger partial charge >= 0.3 is 0 Å². The predicted octanol–water partition coefficient (Wildman–Crippen LogP) is 4.01. The van der Waals surface area contributed by atoms with E-state index in [1.165, 1.54) is 5.56 Å². The zero-order valence-electron chi connectivity index (χ0n) is 16.0. The van der Waals surface area contributed by atoms with E-state index in [-0.39, 0.29) is 17.4 Å². The van der Waals surface area contributed by atoms with Gasteiger partial charge in [-0.1, -0.05) is 44.0 Å². The SMILES string of the molecule is CCc1ccc(C2/C(=C(/O)c3ccncc3)C(=O)C(=O)N2C2CCCC2)cc1. The van der Waals surface area contributed by atoms with Gasteiger partial charge in [0.15, 0.2) is 0 Å². The van der Waals surface area contributed by atoms with Crippen LogP contribution in [0.25, 0.3) is 5.76 Å². The zero-order valence-corrected chi connectivity index (χ0v) is 16.0. The molecule has 0 radical (unpaired) electrons. The van der Waals surface area contributed by atoms with E-state index in [2.05, 4.69) is 11.9 Å². The Labute approximate surface area is 164 Å². The van der Waals surface area contributed by atoms with Crippen molar-refractivity contribution in [2.75, 3.05) is 0 Å². The second-order valence-electron chi connectivity index (χ2n) is 7.48. The molecule has 1 atom stereocenters. The van der Waals surface area contributed by atoms with Crippen molar-refractivity contribution in [3.8, 4) is 0 Å². The van der Waals surface area contributed by atoms with Gasteiger partial charge in [-0.25, -0.2) is 0 Å². The second kappa shape index (κ2) is 7.58. The molecule has 0 bridgehead atoms. The fraction of sp³-hybridized carbons (Fsp3) is 0.348. The highest BCUT2D eigenvalue weighted by Gasteiger charge is 2.49. The Balaban J connectivity index is 1.86. The van der Waals surface area contributed by atoms with Crippen molar-refractivity contribution in [3.63, 3.8) is 0 Å². The van der Waals surface area contributed by atoms with Crippen LogP contribution in [0.5, 0.6) is 0 Å². The number of carbonyl (C=O) groups is 2. The Bertz CT molecular complexity index is 913. The molecule has 5 nitrogen and oxygen atoms in total. The molecule has 1 aliphatic carbocycles. The molecule has 1 aliphatic heterocycles. The van der Waals surface area contributed by atoms with Crippen molar-refractivity contribution < 1.29 is 14.7 Å². The average molecular weight is 376 g/mol. The van der Waals surface area contributed by atoms with Gasteiger partial charge in [0.2, 0.25) is 0 Å². The molecule has 1 aromatic carbocycles. The second-order valence-corrected chi connectivity index (χ2v) is 7.48. The van der Waals surface area contributed by atoms with Gasteiger partial charge in [0.05, 0.1) is 11.6 Å². The molecule has 0 spiro atoms. The number of likely N-dealkylation sites (tertiary alicyclic amines) is 1. The summed E-state index contributed by atoms with van der Waals surface area (Å²) in [6.45, 7) is 2.09. The number of ketones is 1. The third-order valence-corrected chi connectivity index (χ3v) is 5.86. The molecule has 4 rings (SSSR count). The number of aromatic nitrogens is 1. The van der Waals surface area contributed by atoms with E-state index in [1.807, 2.05) is 24.3 Å². The Kier molecular flexibility index (Phi) is 4.99. The first kappa shape index (κ1) is 18.4. The lowest BCUT2D eigenvalue weighted by molar-refractivity contribution is -0.141. The van der Waals surface area contributed by atoms with Crippen LogP contribution in [0.15, 0.2) is 54.4 Å². The maximum absolute atomic E-state index is 13.0. The number of aliphatic hydroxyl groups is 1. The van der Waals surface area contributed by atoms with E-state index in [0.29, 0.717) is 5.56 Å². The fourth-order valence-corrected chi connectivity index (χ4v) is 4.34. The van der Waals surface area contributed by atoms with Crippen LogP contribution in [0.3, 0.4) is 0 Å². The number of amides is 1.